The Bertz CT molecular complexity index is 889. The number of carbonyl (C=O) groups excluding carboxylic acids is 1. The van der Waals surface area contributed by atoms with Crippen molar-refractivity contribution in [3.8, 4) is 0 Å². The minimum absolute atomic E-state index is 0.0868. The van der Waals surface area contributed by atoms with Crippen molar-refractivity contribution < 1.29 is 4.79 Å². The minimum Gasteiger partial charge on any atom is -0.368 e. The van der Waals surface area contributed by atoms with Gasteiger partial charge in [-0.2, -0.15) is 5.10 Å². The minimum atomic E-state index is -0.279. The lowest BCUT2D eigenvalue weighted by Gasteiger charge is -2.16. The van der Waals surface area contributed by atoms with E-state index < -0.39 is 0 Å². The topological polar surface area (TPSA) is 94.7 Å². The molecule has 1 aromatic carbocycles. The highest BCUT2D eigenvalue weighted by Gasteiger charge is 2.18. The Hall–Kier alpha value is -3.09. The number of benzene rings is 1. The molecule has 2 aromatic heterocycles. The summed E-state index contributed by atoms with van der Waals surface area (Å²) in [5, 5.41) is 17.2. The summed E-state index contributed by atoms with van der Waals surface area (Å²) < 4.78 is 0. The first-order valence-electron chi connectivity index (χ1n) is 7.95. The van der Waals surface area contributed by atoms with Crippen LogP contribution in [-0.2, 0) is 6.42 Å². The van der Waals surface area contributed by atoms with Crippen LogP contribution in [0.1, 0.15) is 24.2 Å². The molecule has 7 nitrogen and oxygen atoms in total. The van der Waals surface area contributed by atoms with Crippen LogP contribution in [0, 0.1) is 0 Å². The number of aromatic amines is 1. The zero-order valence-electron chi connectivity index (χ0n) is 13.3. The molecule has 0 radical (unpaired) electrons. The number of H-pyrrole nitrogens is 1. The van der Waals surface area contributed by atoms with Crippen molar-refractivity contribution in [1.29, 1.82) is 0 Å². The molecule has 4 N–H and O–H groups in total. The van der Waals surface area contributed by atoms with E-state index in [1.165, 1.54) is 0 Å². The van der Waals surface area contributed by atoms with Gasteiger partial charge in [0.25, 0.3) is 0 Å². The highest BCUT2D eigenvalue weighted by molar-refractivity contribution is 5.96. The van der Waals surface area contributed by atoms with Crippen LogP contribution in [-0.4, -0.2) is 27.8 Å². The maximum atomic E-state index is 12.3. The van der Waals surface area contributed by atoms with Crippen molar-refractivity contribution >= 4 is 28.6 Å². The van der Waals surface area contributed by atoms with Gasteiger partial charge in [0.05, 0.1) is 22.6 Å². The molecule has 122 valence electrons. The summed E-state index contributed by atoms with van der Waals surface area (Å²) in [6, 6.07) is 11.3. The first-order chi connectivity index (χ1) is 11.7. The Morgan fingerprint density at radius 3 is 2.96 bits per heavy atom. The van der Waals surface area contributed by atoms with Gasteiger partial charge in [-0.3, -0.25) is 10.4 Å². The quantitative estimate of drug-likeness (QED) is 0.596. The molecular formula is C17H18N6O. The normalized spacial score (nSPS) is 14.0. The number of rotatable bonds is 3. The zero-order chi connectivity index (χ0) is 16.5. The second-order valence-electron chi connectivity index (χ2n) is 5.86. The third-order valence-corrected chi connectivity index (χ3v) is 4.16. The molecule has 0 bridgehead atoms. The average Bonchev–Trinajstić information content (AvgIpc) is 3.00. The number of anilines is 2. The molecule has 1 unspecified atom stereocenters. The molecule has 2 amide bonds. The van der Waals surface area contributed by atoms with E-state index >= 15 is 0 Å². The van der Waals surface area contributed by atoms with Crippen molar-refractivity contribution in [3.05, 3.63) is 47.7 Å². The lowest BCUT2D eigenvalue weighted by atomic mass is 10.1. The van der Waals surface area contributed by atoms with Crippen LogP contribution >= 0.6 is 0 Å². The lowest BCUT2D eigenvalue weighted by Crippen LogP contribution is -2.31. The van der Waals surface area contributed by atoms with E-state index in [0.717, 1.165) is 40.9 Å². The second-order valence-corrected chi connectivity index (χ2v) is 5.86. The van der Waals surface area contributed by atoms with Gasteiger partial charge in [0.1, 0.15) is 5.82 Å². The van der Waals surface area contributed by atoms with Crippen LogP contribution in [0.5, 0.6) is 0 Å². The first kappa shape index (κ1) is 14.5. The average molecular weight is 322 g/mol. The van der Waals surface area contributed by atoms with Crippen LogP contribution in [0.25, 0.3) is 10.9 Å². The fourth-order valence-electron chi connectivity index (χ4n) is 2.97. The Morgan fingerprint density at radius 2 is 2.12 bits per heavy atom. The molecule has 0 saturated heterocycles. The van der Waals surface area contributed by atoms with Crippen LogP contribution in [0.15, 0.2) is 36.4 Å². The fourth-order valence-corrected chi connectivity index (χ4v) is 2.97. The molecule has 7 heteroatoms. The number of hydrogen-bond acceptors (Lipinski definition) is 4. The summed E-state index contributed by atoms with van der Waals surface area (Å²) in [6.07, 6.45) is 0.806. The maximum Gasteiger partial charge on any atom is 0.320 e. The Balaban J connectivity index is 1.51. The third kappa shape index (κ3) is 2.64. The van der Waals surface area contributed by atoms with Crippen LogP contribution in [0.4, 0.5) is 16.4 Å². The SMILES string of the molecule is CC(NC(=O)Nc1cc2[nH]nc3c2c(n1)CCN3)c1ccccc1. The molecule has 3 heterocycles. The molecule has 0 fully saturated rings. The number of carbonyl (C=O) groups is 1. The van der Waals surface area contributed by atoms with Gasteiger partial charge in [0, 0.05) is 19.0 Å². The van der Waals surface area contributed by atoms with Crippen molar-refractivity contribution in [2.24, 2.45) is 0 Å². The van der Waals surface area contributed by atoms with Gasteiger partial charge in [-0.1, -0.05) is 30.3 Å². The van der Waals surface area contributed by atoms with E-state index in [2.05, 4.69) is 31.1 Å². The molecular weight excluding hydrogens is 304 g/mol. The largest absolute Gasteiger partial charge is 0.368 e. The van der Waals surface area contributed by atoms with Gasteiger partial charge in [-0.15, -0.1) is 0 Å². The van der Waals surface area contributed by atoms with Gasteiger partial charge in [-0.05, 0) is 12.5 Å². The van der Waals surface area contributed by atoms with Gasteiger partial charge >= 0.3 is 6.03 Å². The van der Waals surface area contributed by atoms with Crippen LogP contribution in [0.2, 0.25) is 0 Å². The second kappa shape index (κ2) is 5.84. The lowest BCUT2D eigenvalue weighted by molar-refractivity contribution is 0.249. The number of pyridine rings is 1. The summed E-state index contributed by atoms with van der Waals surface area (Å²) in [7, 11) is 0. The number of aromatic nitrogens is 3. The van der Waals surface area contributed by atoms with E-state index in [1.54, 1.807) is 6.07 Å². The van der Waals surface area contributed by atoms with Gasteiger partial charge in [-0.25, -0.2) is 9.78 Å². The summed E-state index contributed by atoms with van der Waals surface area (Å²) in [5.41, 5.74) is 2.87. The fraction of sp³-hybridized carbons (Fsp3) is 0.235. The molecule has 1 aliphatic heterocycles. The number of amides is 2. The molecule has 1 atom stereocenters. The molecule has 0 saturated carbocycles. The smallest absolute Gasteiger partial charge is 0.320 e. The number of nitrogens with zero attached hydrogens (tertiary/aromatic N) is 2. The predicted octanol–water partition coefficient (Wildman–Crippen LogP) is 2.81. The zero-order valence-corrected chi connectivity index (χ0v) is 13.3. The Morgan fingerprint density at radius 1 is 1.29 bits per heavy atom. The monoisotopic (exact) mass is 322 g/mol. The third-order valence-electron chi connectivity index (χ3n) is 4.16. The van der Waals surface area contributed by atoms with Crippen molar-refractivity contribution in [3.63, 3.8) is 0 Å². The highest BCUT2D eigenvalue weighted by Crippen LogP contribution is 2.28. The maximum absolute atomic E-state index is 12.3. The first-order valence-corrected chi connectivity index (χ1v) is 7.95. The van der Waals surface area contributed by atoms with Gasteiger partial charge in [0.2, 0.25) is 0 Å². The number of nitrogens with one attached hydrogen (secondary N) is 4. The number of urea groups is 1. The number of hydrogen-bond donors (Lipinski definition) is 4. The van der Waals surface area contributed by atoms with E-state index in [4.69, 9.17) is 0 Å². The van der Waals surface area contributed by atoms with Crippen LogP contribution in [0.3, 0.4) is 0 Å². The summed E-state index contributed by atoms with van der Waals surface area (Å²) >= 11 is 0. The Kier molecular flexibility index (Phi) is 3.53. The highest BCUT2D eigenvalue weighted by atomic mass is 16.2. The van der Waals surface area contributed by atoms with Crippen LogP contribution < -0.4 is 16.0 Å². The molecule has 1 aliphatic rings. The van der Waals surface area contributed by atoms with E-state index in [0.29, 0.717) is 5.82 Å². The van der Waals surface area contributed by atoms with Gasteiger partial charge < -0.3 is 10.6 Å². The van der Waals surface area contributed by atoms with Crippen molar-refractivity contribution in [2.75, 3.05) is 17.2 Å². The standard InChI is InChI=1S/C17H18N6O/c1-10(11-5-3-2-4-6-11)19-17(24)21-14-9-13-15-12(20-14)7-8-18-16(15)23-22-13/h2-6,9-10H,7-8H2,1H3,(H2,18,22,23)(H2,19,20,21,24). The van der Waals surface area contributed by atoms with Crippen molar-refractivity contribution in [1.82, 2.24) is 20.5 Å². The van der Waals surface area contributed by atoms with Gasteiger partial charge in [0.15, 0.2) is 5.82 Å². The van der Waals surface area contributed by atoms with E-state index in [1.807, 2.05) is 37.3 Å². The molecule has 24 heavy (non-hydrogen) atoms. The molecule has 0 aliphatic carbocycles. The van der Waals surface area contributed by atoms with E-state index in [9.17, 15) is 4.79 Å². The molecule has 0 spiro atoms. The predicted molar refractivity (Wildman–Crippen MR) is 93.1 cm³/mol. The summed E-state index contributed by atoms with van der Waals surface area (Å²) in [5.74, 6) is 1.35. The molecule has 3 aromatic rings. The summed E-state index contributed by atoms with van der Waals surface area (Å²) in [4.78, 5) is 16.8. The Labute approximate surface area is 138 Å². The van der Waals surface area contributed by atoms with E-state index in [-0.39, 0.29) is 12.1 Å². The van der Waals surface area contributed by atoms with Crippen molar-refractivity contribution in [2.45, 2.75) is 19.4 Å². The summed E-state index contributed by atoms with van der Waals surface area (Å²) in [6.45, 7) is 2.74. The molecule has 4 rings (SSSR count).